The lowest BCUT2D eigenvalue weighted by atomic mass is 10.0. The van der Waals surface area contributed by atoms with Crippen molar-refractivity contribution in [3.05, 3.63) is 22.2 Å². The summed E-state index contributed by atoms with van der Waals surface area (Å²) in [6.07, 6.45) is 1.96. The SMILES string of the molecule is CC1CCc2nc(N)cc(=O)n2C1. The van der Waals surface area contributed by atoms with E-state index in [2.05, 4.69) is 11.9 Å². The first-order chi connectivity index (χ1) is 6.16. The summed E-state index contributed by atoms with van der Waals surface area (Å²) < 4.78 is 1.73. The van der Waals surface area contributed by atoms with E-state index in [1.165, 1.54) is 6.07 Å². The molecule has 0 saturated carbocycles. The Bertz CT molecular complexity index is 383. The Labute approximate surface area is 76.4 Å². The lowest BCUT2D eigenvalue weighted by molar-refractivity contribution is 0.379. The highest BCUT2D eigenvalue weighted by Crippen LogP contribution is 2.16. The quantitative estimate of drug-likeness (QED) is 0.627. The molecule has 1 atom stereocenters. The molecule has 0 bridgehead atoms. The van der Waals surface area contributed by atoms with E-state index in [-0.39, 0.29) is 5.56 Å². The molecule has 0 aromatic carbocycles. The minimum atomic E-state index is -0.0194. The van der Waals surface area contributed by atoms with Crippen LogP contribution in [0.3, 0.4) is 0 Å². The van der Waals surface area contributed by atoms with Gasteiger partial charge < -0.3 is 5.73 Å². The van der Waals surface area contributed by atoms with Crippen molar-refractivity contribution >= 4 is 5.82 Å². The Hall–Kier alpha value is -1.32. The van der Waals surface area contributed by atoms with Crippen LogP contribution in [-0.2, 0) is 13.0 Å². The van der Waals surface area contributed by atoms with E-state index in [9.17, 15) is 4.79 Å². The van der Waals surface area contributed by atoms with Crippen LogP contribution in [0.1, 0.15) is 19.2 Å². The summed E-state index contributed by atoms with van der Waals surface area (Å²) >= 11 is 0. The van der Waals surface area contributed by atoms with Gasteiger partial charge in [-0.05, 0) is 12.3 Å². The van der Waals surface area contributed by atoms with Crippen molar-refractivity contribution in [2.45, 2.75) is 26.3 Å². The van der Waals surface area contributed by atoms with E-state index >= 15 is 0 Å². The van der Waals surface area contributed by atoms with E-state index < -0.39 is 0 Å². The Morgan fingerprint density at radius 2 is 2.46 bits per heavy atom. The molecule has 13 heavy (non-hydrogen) atoms. The standard InChI is InChI=1S/C9H13N3O/c1-6-2-3-8-11-7(10)4-9(13)12(8)5-6/h4,6H,2-3,5,10H2,1H3. The Morgan fingerprint density at radius 3 is 3.23 bits per heavy atom. The molecule has 0 spiro atoms. The fraction of sp³-hybridized carbons (Fsp3) is 0.556. The van der Waals surface area contributed by atoms with Gasteiger partial charge in [-0.2, -0.15) is 0 Å². The maximum Gasteiger partial charge on any atom is 0.255 e. The molecule has 1 aliphatic heterocycles. The average Bonchev–Trinajstić information content (AvgIpc) is 2.06. The number of anilines is 1. The van der Waals surface area contributed by atoms with Crippen molar-refractivity contribution in [2.24, 2.45) is 5.92 Å². The summed E-state index contributed by atoms with van der Waals surface area (Å²) in [5, 5.41) is 0. The number of nitrogens with two attached hydrogens (primary N) is 1. The Kier molecular flexibility index (Phi) is 1.83. The van der Waals surface area contributed by atoms with Crippen LogP contribution in [0.25, 0.3) is 0 Å². The highest BCUT2D eigenvalue weighted by atomic mass is 16.1. The van der Waals surface area contributed by atoms with Gasteiger partial charge in [-0.3, -0.25) is 9.36 Å². The largest absolute Gasteiger partial charge is 0.383 e. The lowest BCUT2D eigenvalue weighted by Crippen LogP contribution is -2.31. The smallest absolute Gasteiger partial charge is 0.255 e. The molecule has 0 amide bonds. The fourth-order valence-corrected chi connectivity index (χ4v) is 1.74. The third kappa shape index (κ3) is 1.43. The van der Waals surface area contributed by atoms with Gasteiger partial charge in [0, 0.05) is 19.0 Å². The zero-order valence-corrected chi connectivity index (χ0v) is 7.66. The molecule has 0 saturated heterocycles. The van der Waals surface area contributed by atoms with Crippen LogP contribution in [-0.4, -0.2) is 9.55 Å². The minimum absolute atomic E-state index is 0.0194. The van der Waals surface area contributed by atoms with Crippen molar-refractivity contribution in [2.75, 3.05) is 5.73 Å². The van der Waals surface area contributed by atoms with Crippen molar-refractivity contribution in [1.82, 2.24) is 9.55 Å². The molecule has 2 N–H and O–H groups in total. The molecule has 4 nitrogen and oxygen atoms in total. The monoisotopic (exact) mass is 179 g/mol. The molecule has 2 rings (SSSR count). The third-order valence-corrected chi connectivity index (χ3v) is 2.46. The highest BCUT2D eigenvalue weighted by molar-refractivity contribution is 5.26. The van der Waals surface area contributed by atoms with Gasteiger partial charge in [0.1, 0.15) is 11.6 Å². The highest BCUT2D eigenvalue weighted by Gasteiger charge is 2.16. The molecule has 1 unspecified atom stereocenters. The van der Waals surface area contributed by atoms with Gasteiger partial charge in [0.05, 0.1) is 0 Å². The first-order valence-corrected chi connectivity index (χ1v) is 4.53. The van der Waals surface area contributed by atoms with Crippen LogP contribution >= 0.6 is 0 Å². The summed E-state index contributed by atoms with van der Waals surface area (Å²) in [6.45, 7) is 2.92. The second-order valence-electron chi connectivity index (χ2n) is 3.69. The number of hydrogen-bond acceptors (Lipinski definition) is 3. The zero-order valence-electron chi connectivity index (χ0n) is 7.66. The van der Waals surface area contributed by atoms with E-state index in [1.807, 2.05) is 0 Å². The summed E-state index contributed by atoms with van der Waals surface area (Å²) in [4.78, 5) is 15.6. The summed E-state index contributed by atoms with van der Waals surface area (Å²) in [5.41, 5.74) is 5.47. The van der Waals surface area contributed by atoms with Gasteiger partial charge in [0.15, 0.2) is 0 Å². The summed E-state index contributed by atoms with van der Waals surface area (Å²) in [7, 11) is 0. The Morgan fingerprint density at radius 1 is 1.69 bits per heavy atom. The molecule has 0 fully saturated rings. The fourth-order valence-electron chi connectivity index (χ4n) is 1.74. The van der Waals surface area contributed by atoms with Gasteiger partial charge >= 0.3 is 0 Å². The predicted molar refractivity (Wildman–Crippen MR) is 50.4 cm³/mol. The van der Waals surface area contributed by atoms with Gasteiger partial charge in [0.25, 0.3) is 5.56 Å². The van der Waals surface area contributed by atoms with Crippen LogP contribution in [0.5, 0.6) is 0 Å². The van der Waals surface area contributed by atoms with Crippen molar-refractivity contribution < 1.29 is 0 Å². The van der Waals surface area contributed by atoms with Crippen molar-refractivity contribution in [1.29, 1.82) is 0 Å². The number of nitrogen functional groups attached to an aromatic ring is 1. The second kappa shape index (κ2) is 2.87. The zero-order chi connectivity index (χ0) is 9.42. The molecule has 1 aromatic rings. The Balaban J connectivity index is 2.53. The van der Waals surface area contributed by atoms with Crippen LogP contribution < -0.4 is 11.3 Å². The van der Waals surface area contributed by atoms with E-state index in [1.54, 1.807) is 4.57 Å². The molecule has 70 valence electrons. The van der Waals surface area contributed by atoms with Gasteiger partial charge in [0.2, 0.25) is 0 Å². The molecule has 0 radical (unpaired) electrons. The number of aromatic nitrogens is 2. The molecular weight excluding hydrogens is 166 g/mol. The van der Waals surface area contributed by atoms with Crippen molar-refractivity contribution in [3.63, 3.8) is 0 Å². The van der Waals surface area contributed by atoms with Gasteiger partial charge in [-0.25, -0.2) is 4.98 Å². The van der Waals surface area contributed by atoms with Crippen molar-refractivity contribution in [3.8, 4) is 0 Å². The van der Waals surface area contributed by atoms with Gasteiger partial charge in [-0.15, -0.1) is 0 Å². The number of nitrogens with zero attached hydrogens (tertiary/aromatic N) is 2. The molecule has 1 aliphatic rings. The topological polar surface area (TPSA) is 60.9 Å². The molecule has 4 heteroatoms. The van der Waals surface area contributed by atoms with E-state index in [0.29, 0.717) is 11.7 Å². The maximum absolute atomic E-state index is 11.5. The normalized spacial score (nSPS) is 21.2. The maximum atomic E-state index is 11.5. The molecule has 0 aliphatic carbocycles. The molecular formula is C9H13N3O. The van der Waals surface area contributed by atoms with Crippen LogP contribution in [0, 0.1) is 5.92 Å². The second-order valence-corrected chi connectivity index (χ2v) is 3.69. The van der Waals surface area contributed by atoms with Crippen LogP contribution in [0.2, 0.25) is 0 Å². The first-order valence-electron chi connectivity index (χ1n) is 4.53. The molecule has 2 heterocycles. The number of rotatable bonds is 0. The third-order valence-electron chi connectivity index (χ3n) is 2.46. The average molecular weight is 179 g/mol. The predicted octanol–water partition coefficient (Wildman–Crippen LogP) is 0.408. The number of hydrogen-bond donors (Lipinski definition) is 1. The van der Waals surface area contributed by atoms with E-state index in [0.717, 1.165) is 25.2 Å². The summed E-state index contributed by atoms with van der Waals surface area (Å²) in [5.74, 6) is 1.74. The van der Waals surface area contributed by atoms with Crippen LogP contribution in [0.15, 0.2) is 10.9 Å². The molecule has 1 aromatic heterocycles. The van der Waals surface area contributed by atoms with Gasteiger partial charge in [-0.1, -0.05) is 6.92 Å². The minimum Gasteiger partial charge on any atom is -0.383 e. The lowest BCUT2D eigenvalue weighted by Gasteiger charge is -2.22. The summed E-state index contributed by atoms with van der Waals surface area (Å²) in [6, 6.07) is 1.39. The van der Waals surface area contributed by atoms with Crippen LogP contribution in [0.4, 0.5) is 5.82 Å². The van der Waals surface area contributed by atoms with E-state index in [4.69, 9.17) is 5.73 Å². The first kappa shape index (κ1) is 8.29. The number of fused-ring (bicyclic) bond motifs is 1. The number of aryl methyl sites for hydroxylation is 1.